The van der Waals surface area contributed by atoms with E-state index in [4.69, 9.17) is 16.3 Å². The molecule has 1 saturated carbocycles. The number of methoxy groups -OCH3 is 1. The average molecular weight is 348 g/mol. The van der Waals surface area contributed by atoms with Crippen LogP contribution >= 0.6 is 27.5 Å². The second kappa shape index (κ2) is 6.02. The fourth-order valence-electron chi connectivity index (χ4n) is 3.23. The zero-order chi connectivity index (χ0) is 14.0. The van der Waals surface area contributed by atoms with E-state index in [1.165, 1.54) is 12.8 Å². The van der Waals surface area contributed by atoms with Crippen molar-refractivity contribution in [2.75, 3.05) is 7.11 Å². The topological polar surface area (TPSA) is 29.5 Å². The smallest absolute Gasteiger partial charge is 0.138 e. The van der Waals surface area contributed by atoms with Crippen molar-refractivity contribution in [1.82, 2.24) is 0 Å². The van der Waals surface area contributed by atoms with Gasteiger partial charge in [-0.15, -0.1) is 0 Å². The van der Waals surface area contributed by atoms with Crippen molar-refractivity contribution in [3.05, 3.63) is 27.2 Å². The molecular formula is C15H20BrClO2. The van der Waals surface area contributed by atoms with E-state index in [0.29, 0.717) is 10.8 Å². The second-order valence-electron chi connectivity index (χ2n) is 5.34. The molecule has 0 aromatic heterocycles. The van der Waals surface area contributed by atoms with E-state index in [1.54, 1.807) is 13.2 Å². The molecule has 1 aliphatic rings. The molecule has 2 nitrogen and oxygen atoms in total. The molecule has 0 aliphatic heterocycles. The first-order valence-electron chi connectivity index (χ1n) is 6.75. The van der Waals surface area contributed by atoms with E-state index in [9.17, 15) is 5.11 Å². The fourth-order valence-corrected chi connectivity index (χ4v) is 4.22. The summed E-state index contributed by atoms with van der Waals surface area (Å²) in [5, 5.41) is 11.5. The van der Waals surface area contributed by atoms with Crippen LogP contribution in [0.3, 0.4) is 0 Å². The van der Waals surface area contributed by atoms with Gasteiger partial charge < -0.3 is 9.84 Å². The van der Waals surface area contributed by atoms with Crippen LogP contribution in [0.2, 0.25) is 5.02 Å². The van der Waals surface area contributed by atoms with Gasteiger partial charge in [0.15, 0.2) is 0 Å². The number of hydrogen-bond acceptors (Lipinski definition) is 2. The van der Waals surface area contributed by atoms with Crippen molar-refractivity contribution < 1.29 is 9.84 Å². The third-order valence-electron chi connectivity index (χ3n) is 4.42. The van der Waals surface area contributed by atoms with Crippen molar-refractivity contribution in [2.24, 2.45) is 5.41 Å². The highest BCUT2D eigenvalue weighted by Gasteiger charge is 2.41. The third kappa shape index (κ3) is 2.79. The monoisotopic (exact) mass is 346 g/mol. The van der Waals surface area contributed by atoms with Crippen LogP contribution in [-0.4, -0.2) is 12.2 Å². The molecule has 0 saturated heterocycles. The molecule has 0 heterocycles. The van der Waals surface area contributed by atoms with E-state index in [2.05, 4.69) is 22.9 Å². The van der Waals surface area contributed by atoms with Gasteiger partial charge >= 0.3 is 0 Å². The molecule has 2 rings (SSSR count). The summed E-state index contributed by atoms with van der Waals surface area (Å²) < 4.78 is 6.23. The molecule has 106 valence electrons. The number of benzene rings is 1. The minimum Gasteiger partial charge on any atom is -0.495 e. The van der Waals surface area contributed by atoms with Gasteiger partial charge in [-0.1, -0.05) is 31.4 Å². The van der Waals surface area contributed by atoms with Gasteiger partial charge in [-0.25, -0.2) is 0 Å². The Balaban J connectivity index is 2.45. The second-order valence-corrected chi connectivity index (χ2v) is 6.63. The van der Waals surface area contributed by atoms with Crippen LogP contribution in [0.15, 0.2) is 16.6 Å². The quantitative estimate of drug-likeness (QED) is 0.819. The Labute approximate surface area is 128 Å². The van der Waals surface area contributed by atoms with Gasteiger partial charge in [0.05, 0.1) is 17.7 Å². The minimum absolute atomic E-state index is 0.0304. The average Bonchev–Trinajstić information content (AvgIpc) is 2.87. The van der Waals surface area contributed by atoms with Gasteiger partial charge in [0.1, 0.15) is 5.75 Å². The summed E-state index contributed by atoms with van der Waals surface area (Å²) >= 11 is 9.58. The SMILES string of the molecule is CCC1(C(O)c2cc(Cl)cc(Br)c2OC)CCCC1. The molecule has 0 radical (unpaired) electrons. The van der Waals surface area contributed by atoms with Crippen molar-refractivity contribution in [1.29, 1.82) is 0 Å². The number of halogens is 2. The summed E-state index contributed by atoms with van der Waals surface area (Å²) in [5.41, 5.74) is 0.767. The van der Waals surface area contributed by atoms with Crippen LogP contribution in [0, 0.1) is 5.41 Å². The first-order valence-corrected chi connectivity index (χ1v) is 7.92. The van der Waals surface area contributed by atoms with Gasteiger partial charge in [0.2, 0.25) is 0 Å². The highest BCUT2D eigenvalue weighted by molar-refractivity contribution is 9.10. The van der Waals surface area contributed by atoms with Crippen LogP contribution in [0.1, 0.15) is 50.7 Å². The van der Waals surface area contributed by atoms with E-state index in [1.807, 2.05) is 6.07 Å². The van der Waals surface area contributed by atoms with E-state index < -0.39 is 6.10 Å². The summed E-state index contributed by atoms with van der Waals surface area (Å²) in [4.78, 5) is 0. The molecule has 1 N–H and O–H groups in total. The first kappa shape index (κ1) is 15.1. The van der Waals surface area contributed by atoms with Crippen molar-refractivity contribution in [2.45, 2.75) is 45.1 Å². The molecule has 1 atom stereocenters. The predicted molar refractivity (Wildman–Crippen MR) is 81.9 cm³/mol. The molecule has 1 aromatic rings. The maximum Gasteiger partial charge on any atom is 0.138 e. The Morgan fingerprint density at radius 2 is 2.05 bits per heavy atom. The maximum absolute atomic E-state index is 10.9. The Kier molecular flexibility index (Phi) is 4.80. The van der Waals surface area contributed by atoms with Crippen molar-refractivity contribution in [3.8, 4) is 5.75 Å². The van der Waals surface area contributed by atoms with Crippen molar-refractivity contribution >= 4 is 27.5 Å². The summed E-state index contributed by atoms with van der Waals surface area (Å²) in [6.07, 6.45) is 4.96. The number of ether oxygens (including phenoxy) is 1. The Bertz CT molecular complexity index is 456. The molecule has 1 fully saturated rings. The number of aliphatic hydroxyl groups is 1. The van der Waals surface area contributed by atoms with Crippen molar-refractivity contribution in [3.63, 3.8) is 0 Å². The lowest BCUT2D eigenvalue weighted by atomic mass is 9.75. The standard InChI is InChI=1S/C15H20BrClO2/c1-3-15(6-4-5-7-15)14(18)11-8-10(17)9-12(16)13(11)19-2/h8-9,14,18H,3-7H2,1-2H3. The summed E-state index contributed by atoms with van der Waals surface area (Å²) in [5.74, 6) is 0.691. The van der Waals surface area contributed by atoms with Gasteiger partial charge in [-0.2, -0.15) is 0 Å². The summed E-state index contributed by atoms with van der Waals surface area (Å²) in [7, 11) is 1.62. The van der Waals surface area contributed by atoms with E-state index in [-0.39, 0.29) is 5.41 Å². The first-order chi connectivity index (χ1) is 9.04. The highest BCUT2D eigenvalue weighted by atomic mass is 79.9. The molecule has 0 amide bonds. The van der Waals surface area contributed by atoms with Crippen LogP contribution in [0.5, 0.6) is 5.75 Å². The van der Waals surface area contributed by atoms with Gasteiger partial charge in [-0.05, 0) is 47.3 Å². The molecule has 4 heteroatoms. The molecular weight excluding hydrogens is 328 g/mol. The van der Waals surface area contributed by atoms with Gasteiger partial charge in [0, 0.05) is 16.0 Å². The lowest BCUT2D eigenvalue weighted by molar-refractivity contribution is 0.0220. The van der Waals surface area contributed by atoms with Crippen LogP contribution < -0.4 is 4.74 Å². The number of hydrogen-bond donors (Lipinski definition) is 1. The van der Waals surface area contributed by atoms with Crippen LogP contribution in [0.25, 0.3) is 0 Å². The predicted octanol–water partition coefficient (Wildman–Crippen LogP) is 5.11. The number of aliphatic hydroxyl groups excluding tert-OH is 1. The molecule has 19 heavy (non-hydrogen) atoms. The van der Waals surface area contributed by atoms with Gasteiger partial charge in [0.25, 0.3) is 0 Å². The molecule has 1 aliphatic carbocycles. The minimum atomic E-state index is -0.523. The normalized spacial score (nSPS) is 19.4. The Morgan fingerprint density at radius 3 is 2.58 bits per heavy atom. The lowest BCUT2D eigenvalue weighted by Crippen LogP contribution is -2.25. The Morgan fingerprint density at radius 1 is 1.42 bits per heavy atom. The highest BCUT2D eigenvalue weighted by Crippen LogP contribution is 2.52. The maximum atomic E-state index is 10.9. The number of rotatable bonds is 4. The molecule has 1 unspecified atom stereocenters. The third-order valence-corrected chi connectivity index (χ3v) is 5.23. The molecule has 0 spiro atoms. The van der Waals surface area contributed by atoms with E-state index in [0.717, 1.165) is 29.3 Å². The largest absolute Gasteiger partial charge is 0.495 e. The molecule has 0 bridgehead atoms. The lowest BCUT2D eigenvalue weighted by Gasteiger charge is -2.34. The zero-order valence-corrected chi connectivity index (χ0v) is 13.7. The van der Waals surface area contributed by atoms with E-state index >= 15 is 0 Å². The zero-order valence-electron chi connectivity index (χ0n) is 11.4. The van der Waals surface area contributed by atoms with Gasteiger partial charge in [-0.3, -0.25) is 0 Å². The summed E-state index contributed by atoms with van der Waals surface area (Å²) in [6, 6.07) is 3.62. The van der Waals surface area contributed by atoms with Crippen LogP contribution in [-0.2, 0) is 0 Å². The summed E-state index contributed by atoms with van der Waals surface area (Å²) in [6.45, 7) is 2.15. The Hall–Kier alpha value is -0.250. The fraction of sp³-hybridized carbons (Fsp3) is 0.600. The van der Waals surface area contributed by atoms with Crippen LogP contribution in [0.4, 0.5) is 0 Å². The molecule has 1 aromatic carbocycles.